The lowest BCUT2D eigenvalue weighted by atomic mass is 10.1. The molecule has 12 heteroatoms. The second kappa shape index (κ2) is 8.93. The zero-order valence-electron chi connectivity index (χ0n) is 15.4. The average Bonchev–Trinajstić information content (AvgIpc) is 3.22. The van der Waals surface area contributed by atoms with Crippen LogP contribution < -0.4 is 10.1 Å². The van der Waals surface area contributed by atoms with Crippen LogP contribution in [0, 0.1) is 31.6 Å². The number of rotatable bonds is 7. The Morgan fingerprint density at radius 2 is 1.77 bits per heavy atom. The number of furan rings is 1. The molecule has 1 heterocycles. The first kappa shape index (κ1) is 21.3. The molecule has 1 aromatic heterocycles. The number of hydrogen-bond donors (Lipinski definition) is 1. The van der Waals surface area contributed by atoms with Gasteiger partial charge in [-0.3, -0.25) is 25.0 Å². The molecule has 0 aliphatic carbocycles. The maximum atomic E-state index is 12.4. The van der Waals surface area contributed by atoms with Crippen molar-refractivity contribution in [3.05, 3.63) is 90.9 Å². The number of non-ortho nitro benzene ring substituents is 2. The molecule has 1 N–H and O–H groups in total. The van der Waals surface area contributed by atoms with Crippen molar-refractivity contribution >= 4 is 34.6 Å². The van der Waals surface area contributed by atoms with Crippen LogP contribution in [0.2, 0.25) is 5.02 Å². The lowest BCUT2D eigenvalue weighted by molar-refractivity contribution is -0.385. The van der Waals surface area contributed by atoms with E-state index < -0.39 is 15.8 Å². The number of nitro benzene ring substituents is 2. The maximum absolute atomic E-state index is 12.4. The number of nitriles is 1. The topological polar surface area (TPSA) is 162 Å². The van der Waals surface area contributed by atoms with Crippen LogP contribution in [0.3, 0.4) is 0 Å². The minimum Gasteiger partial charge on any atom is -0.484 e. The van der Waals surface area contributed by atoms with Crippen LogP contribution in [0.15, 0.2) is 52.9 Å². The molecule has 0 saturated carbocycles. The minimum absolute atomic E-state index is 0.0425. The summed E-state index contributed by atoms with van der Waals surface area (Å²) in [6, 6.07) is 11.8. The van der Waals surface area contributed by atoms with E-state index in [4.69, 9.17) is 26.0 Å². The van der Waals surface area contributed by atoms with Crippen LogP contribution >= 0.6 is 11.6 Å². The summed E-state index contributed by atoms with van der Waals surface area (Å²) in [6.45, 7) is -0.105. The predicted octanol–water partition coefficient (Wildman–Crippen LogP) is 4.45. The summed E-state index contributed by atoms with van der Waals surface area (Å²) in [7, 11) is 0. The molecule has 0 atom stereocenters. The predicted molar refractivity (Wildman–Crippen MR) is 107 cm³/mol. The van der Waals surface area contributed by atoms with Crippen LogP contribution in [0.5, 0.6) is 5.75 Å². The van der Waals surface area contributed by atoms with Gasteiger partial charge in [-0.15, -0.1) is 0 Å². The van der Waals surface area contributed by atoms with Gasteiger partial charge < -0.3 is 14.5 Å². The standard InChI is InChI=1S/C19H11ClN4O7/c20-15-8-13(24(28)29)2-5-17(15)30-10-14-3-6-18(31-14)19(25)22-16-4-1-12(23(26)27)7-11(16)9-21/h1-8H,10H2,(H,22,25). The summed E-state index contributed by atoms with van der Waals surface area (Å²) in [5, 5.41) is 33.2. The average molecular weight is 443 g/mol. The molecule has 1 amide bonds. The van der Waals surface area contributed by atoms with Crippen molar-refractivity contribution in [2.24, 2.45) is 0 Å². The van der Waals surface area contributed by atoms with Crippen LogP contribution in [-0.4, -0.2) is 15.8 Å². The maximum Gasteiger partial charge on any atom is 0.291 e. The molecule has 31 heavy (non-hydrogen) atoms. The van der Waals surface area contributed by atoms with Gasteiger partial charge in [0, 0.05) is 24.3 Å². The fourth-order valence-corrected chi connectivity index (χ4v) is 2.71. The first-order chi connectivity index (χ1) is 14.8. The fourth-order valence-electron chi connectivity index (χ4n) is 2.48. The quantitative estimate of drug-likeness (QED) is 0.414. The van der Waals surface area contributed by atoms with Crippen molar-refractivity contribution in [1.82, 2.24) is 0 Å². The molecule has 2 aromatic carbocycles. The zero-order valence-corrected chi connectivity index (χ0v) is 16.2. The largest absolute Gasteiger partial charge is 0.484 e. The first-order valence-corrected chi connectivity index (χ1v) is 8.81. The molecule has 0 aliphatic rings. The highest BCUT2D eigenvalue weighted by Crippen LogP contribution is 2.29. The Hall–Kier alpha value is -4.43. The monoisotopic (exact) mass is 442 g/mol. The Morgan fingerprint density at radius 1 is 1.10 bits per heavy atom. The molecule has 11 nitrogen and oxygen atoms in total. The number of nitro groups is 2. The van der Waals surface area contributed by atoms with E-state index in [0.29, 0.717) is 0 Å². The van der Waals surface area contributed by atoms with Crippen molar-refractivity contribution in [1.29, 1.82) is 5.26 Å². The smallest absolute Gasteiger partial charge is 0.291 e. The lowest BCUT2D eigenvalue weighted by Gasteiger charge is -2.06. The van der Waals surface area contributed by atoms with Gasteiger partial charge in [-0.05, 0) is 24.3 Å². The van der Waals surface area contributed by atoms with E-state index in [1.165, 1.54) is 30.3 Å². The molecule has 0 saturated heterocycles. The molecule has 0 aliphatic heterocycles. The Morgan fingerprint density at radius 3 is 2.42 bits per heavy atom. The van der Waals surface area contributed by atoms with Crippen LogP contribution in [-0.2, 0) is 6.61 Å². The SMILES string of the molecule is N#Cc1cc([N+](=O)[O-])ccc1NC(=O)c1ccc(COc2ccc([N+](=O)[O-])cc2Cl)o1. The van der Waals surface area contributed by atoms with Crippen molar-refractivity contribution in [3.8, 4) is 11.8 Å². The third kappa shape index (κ3) is 4.95. The van der Waals surface area contributed by atoms with E-state index in [2.05, 4.69) is 5.32 Å². The Bertz CT molecular complexity index is 1230. The molecular weight excluding hydrogens is 432 g/mol. The number of anilines is 1. The van der Waals surface area contributed by atoms with Gasteiger partial charge in [0.15, 0.2) is 5.76 Å². The van der Waals surface area contributed by atoms with Gasteiger partial charge >= 0.3 is 0 Å². The molecule has 0 bridgehead atoms. The number of nitrogens with one attached hydrogen (secondary N) is 1. The summed E-state index contributed by atoms with van der Waals surface area (Å²) in [4.78, 5) is 32.7. The second-order valence-electron chi connectivity index (χ2n) is 5.98. The van der Waals surface area contributed by atoms with Gasteiger partial charge in [0.2, 0.25) is 0 Å². The number of ether oxygens (including phenoxy) is 1. The third-order valence-corrected chi connectivity index (χ3v) is 4.26. The van der Waals surface area contributed by atoms with Gasteiger partial charge in [0.25, 0.3) is 17.3 Å². The summed E-state index contributed by atoms with van der Waals surface area (Å²) in [5.74, 6) is -0.302. The first-order valence-electron chi connectivity index (χ1n) is 8.44. The normalized spacial score (nSPS) is 10.2. The summed E-state index contributed by atoms with van der Waals surface area (Å²) < 4.78 is 10.9. The van der Waals surface area contributed by atoms with Crippen molar-refractivity contribution in [3.63, 3.8) is 0 Å². The van der Waals surface area contributed by atoms with Gasteiger partial charge in [0.1, 0.15) is 24.2 Å². The zero-order chi connectivity index (χ0) is 22.5. The molecule has 3 rings (SSSR count). The highest BCUT2D eigenvalue weighted by molar-refractivity contribution is 6.32. The van der Waals surface area contributed by atoms with E-state index in [1.807, 2.05) is 0 Å². The molecule has 156 valence electrons. The molecule has 0 radical (unpaired) electrons. The van der Waals surface area contributed by atoms with E-state index in [1.54, 1.807) is 6.07 Å². The van der Waals surface area contributed by atoms with Crippen molar-refractivity contribution in [2.75, 3.05) is 5.32 Å². The van der Waals surface area contributed by atoms with Gasteiger partial charge in [-0.25, -0.2) is 0 Å². The van der Waals surface area contributed by atoms with Crippen molar-refractivity contribution in [2.45, 2.75) is 6.61 Å². The summed E-state index contributed by atoms with van der Waals surface area (Å²) >= 11 is 5.95. The second-order valence-corrected chi connectivity index (χ2v) is 6.39. The van der Waals surface area contributed by atoms with Gasteiger partial charge in [-0.2, -0.15) is 5.26 Å². The third-order valence-electron chi connectivity index (χ3n) is 3.96. The van der Waals surface area contributed by atoms with E-state index in [0.717, 1.165) is 18.2 Å². The Balaban J connectivity index is 1.67. The molecule has 3 aromatic rings. The fraction of sp³-hybridized carbons (Fsp3) is 0.0526. The Kier molecular flexibility index (Phi) is 6.13. The molecular formula is C19H11ClN4O7. The Labute approximate surface area is 178 Å². The number of halogens is 1. The minimum atomic E-state index is -0.676. The van der Waals surface area contributed by atoms with Crippen molar-refractivity contribution < 1.29 is 23.8 Å². The number of amides is 1. The van der Waals surface area contributed by atoms with E-state index in [-0.39, 0.29) is 51.5 Å². The van der Waals surface area contributed by atoms with Crippen LogP contribution in [0.1, 0.15) is 21.9 Å². The highest BCUT2D eigenvalue weighted by Gasteiger charge is 2.17. The number of carbonyl (C=O) groups excluding carboxylic acids is 1. The number of nitrogens with zero attached hydrogens (tertiary/aromatic N) is 3. The summed E-state index contributed by atoms with van der Waals surface area (Å²) in [5.41, 5.74) is -0.454. The molecule has 0 fully saturated rings. The van der Waals surface area contributed by atoms with E-state index >= 15 is 0 Å². The van der Waals surface area contributed by atoms with E-state index in [9.17, 15) is 25.0 Å². The summed E-state index contributed by atoms with van der Waals surface area (Å²) in [6.07, 6.45) is 0. The number of hydrogen-bond acceptors (Lipinski definition) is 8. The molecule has 0 spiro atoms. The number of carbonyl (C=O) groups is 1. The van der Waals surface area contributed by atoms with Gasteiger partial charge in [-0.1, -0.05) is 11.6 Å². The van der Waals surface area contributed by atoms with Gasteiger partial charge in [0.05, 0.1) is 26.1 Å². The molecule has 0 unspecified atom stereocenters. The van der Waals surface area contributed by atoms with Crippen LogP contribution in [0.4, 0.5) is 17.1 Å². The van der Waals surface area contributed by atoms with Crippen LogP contribution in [0.25, 0.3) is 0 Å². The highest BCUT2D eigenvalue weighted by atomic mass is 35.5. The lowest BCUT2D eigenvalue weighted by Crippen LogP contribution is -2.12. The number of benzene rings is 2.